The monoisotopic (exact) mass is 261 g/mol. The van der Waals surface area contributed by atoms with Gasteiger partial charge in [0.2, 0.25) is 0 Å². The number of nitrogen functional groups attached to an aromatic ring is 1. The number of ether oxygens (including phenoxy) is 1. The number of carbonyl (C=O) groups is 1. The van der Waals surface area contributed by atoms with Gasteiger partial charge in [-0.2, -0.15) is 5.10 Å². The van der Waals surface area contributed by atoms with Crippen molar-refractivity contribution in [3.63, 3.8) is 0 Å². The topological polar surface area (TPSA) is 88.0 Å². The van der Waals surface area contributed by atoms with Gasteiger partial charge in [0.25, 0.3) is 0 Å². The summed E-state index contributed by atoms with van der Waals surface area (Å²) in [6.07, 6.45) is 5.38. The minimum atomic E-state index is -0.383. The highest BCUT2D eigenvalue weighted by Crippen LogP contribution is 2.37. The molecule has 0 saturated heterocycles. The maximum atomic E-state index is 12.1. The molecule has 1 aliphatic rings. The minimum Gasteiger partial charge on any atom is -0.453 e. The summed E-state index contributed by atoms with van der Waals surface area (Å²) in [5.74, 6) is 0.220. The van der Waals surface area contributed by atoms with Crippen molar-refractivity contribution in [2.24, 2.45) is 7.05 Å². The Kier molecular flexibility index (Phi) is 2.73. The van der Waals surface area contributed by atoms with E-state index in [2.05, 4.69) is 10.1 Å². The normalized spacial score (nSPS) is 14.6. The molecule has 2 aromatic rings. The van der Waals surface area contributed by atoms with Crippen molar-refractivity contribution >= 4 is 11.7 Å². The lowest BCUT2D eigenvalue weighted by molar-refractivity contribution is 0.0445. The highest BCUT2D eigenvalue weighted by Gasteiger charge is 2.28. The zero-order valence-electron chi connectivity index (χ0n) is 10.6. The molecule has 0 bridgehead atoms. The summed E-state index contributed by atoms with van der Waals surface area (Å²) in [6, 6.07) is 2.03. The molecule has 3 rings (SSSR count). The highest BCUT2D eigenvalue weighted by molar-refractivity contribution is 5.89. The third-order valence-corrected chi connectivity index (χ3v) is 3.16. The number of aromatic nitrogens is 4. The van der Waals surface area contributed by atoms with Gasteiger partial charge in [-0.15, -0.1) is 0 Å². The smallest absolute Gasteiger partial charge is 0.355 e. The number of esters is 1. The van der Waals surface area contributed by atoms with Crippen LogP contribution in [0.2, 0.25) is 0 Å². The summed E-state index contributed by atoms with van der Waals surface area (Å²) in [6.45, 7) is 0.102. The lowest BCUT2D eigenvalue weighted by Crippen LogP contribution is -2.12. The average Bonchev–Trinajstić information content (AvgIpc) is 3.04. The van der Waals surface area contributed by atoms with Crippen LogP contribution in [0.1, 0.15) is 35.2 Å². The van der Waals surface area contributed by atoms with Crippen LogP contribution in [0.5, 0.6) is 0 Å². The van der Waals surface area contributed by atoms with E-state index in [-0.39, 0.29) is 12.6 Å². The predicted molar refractivity (Wildman–Crippen MR) is 67.2 cm³/mol. The van der Waals surface area contributed by atoms with E-state index in [1.165, 1.54) is 6.33 Å². The zero-order chi connectivity index (χ0) is 13.4. The first kappa shape index (κ1) is 11.8. The quantitative estimate of drug-likeness (QED) is 0.826. The van der Waals surface area contributed by atoms with E-state index in [1.54, 1.807) is 24.0 Å². The first-order valence-electron chi connectivity index (χ1n) is 6.12. The third kappa shape index (κ3) is 2.31. The summed E-state index contributed by atoms with van der Waals surface area (Å²) >= 11 is 0. The first-order valence-corrected chi connectivity index (χ1v) is 6.12. The van der Waals surface area contributed by atoms with Gasteiger partial charge in [0, 0.05) is 19.3 Å². The van der Waals surface area contributed by atoms with Gasteiger partial charge >= 0.3 is 5.97 Å². The van der Waals surface area contributed by atoms with Crippen LogP contribution in [-0.4, -0.2) is 25.3 Å². The Balaban J connectivity index is 1.72. The third-order valence-electron chi connectivity index (χ3n) is 3.16. The molecule has 7 heteroatoms. The molecule has 0 aliphatic heterocycles. The van der Waals surface area contributed by atoms with Crippen LogP contribution in [0.4, 0.5) is 5.69 Å². The molecule has 2 aromatic heterocycles. The van der Waals surface area contributed by atoms with E-state index >= 15 is 0 Å². The molecular formula is C12H15N5O2. The van der Waals surface area contributed by atoms with E-state index in [4.69, 9.17) is 10.5 Å². The Hall–Kier alpha value is -2.31. The number of aryl methyl sites for hydroxylation is 1. The van der Waals surface area contributed by atoms with Crippen LogP contribution in [0.3, 0.4) is 0 Å². The Bertz CT molecular complexity index is 611. The fourth-order valence-corrected chi connectivity index (χ4v) is 1.97. The molecular weight excluding hydrogens is 246 g/mol. The molecule has 7 nitrogen and oxygen atoms in total. The van der Waals surface area contributed by atoms with E-state index in [1.807, 2.05) is 4.57 Å². The molecule has 1 aliphatic carbocycles. The predicted octanol–water partition coefficient (Wildman–Crippen LogP) is 0.891. The van der Waals surface area contributed by atoms with Gasteiger partial charge < -0.3 is 15.0 Å². The average molecular weight is 261 g/mol. The van der Waals surface area contributed by atoms with Gasteiger partial charge in [0.1, 0.15) is 12.0 Å². The van der Waals surface area contributed by atoms with Gasteiger partial charge in [0.05, 0.1) is 5.69 Å². The van der Waals surface area contributed by atoms with Gasteiger partial charge in [-0.25, -0.2) is 9.78 Å². The Morgan fingerprint density at radius 3 is 3.00 bits per heavy atom. The second kappa shape index (κ2) is 4.42. The fraction of sp³-hybridized carbons (Fsp3) is 0.417. The van der Waals surface area contributed by atoms with E-state index in [0.29, 0.717) is 23.2 Å². The van der Waals surface area contributed by atoms with Crippen LogP contribution in [0.25, 0.3) is 0 Å². The number of rotatable bonds is 4. The number of hydrogen-bond acceptors (Lipinski definition) is 5. The largest absolute Gasteiger partial charge is 0.453 e. The zero-order valence-corrected chi connectivity index (χ0v) is 10.6. The molecule has 100 valence electrons. The number of anilines is 1. The van der Waals surface area contributed by atoms with Gasteiger partial charge in [-0.05, 0) is 18.9 Å². The van der Waals surface area contributed by atoms with Crippen LogP contribution in [-0.2, 0) is 18.4 Å². The lowest BCUT2D eigenvalue weighted by Gasteiger charge is -2.07. The van der Waals surface area contributed by atoms with Crippen molar-refractivity contribution in [1.29, 1.82) is 0 Å². The minimum absolute atomic E-state index is 0.102. The van der Waals surface area contributed by atoms with Crippen molar-refractivity contribution in [3.05, 3.63) is 30.1 Å². The Morgan fingerprint density at radius 2 is 2.37 bits per heavy atom. The maximum Gasteiger partial charge on any atom is 0.355 e. The maximum absolute atomic E-state index is 12.1. The summed E-state index contributed by atoms with van der Waals surface area (Å²) in [5, 5.41) is 3.92. The van der Waals surface area contributed by atoms with Crippen LogP contribution in [0.15, 0.2) is 18.6 Å². The summed E-state index contributed by atoms with van der Waals surface area (Å²) < 4.78 is 8.71. The Labute approximate surface area is 110 Å². The number of nitrogens with two attached hydrogens (primary N) is 1. The van der Waals surface area contributed by atoms with E-state index < -0.39 is 0 Å². The highest BCUT2D eigenvalue weighted by atomic mass is 16.5. The van der Waals surface area contributed by atoms with Crippen molar-refractivity contribution in [3.8, 4) is 0 Å². The number of carbonyl (C=O) groups excluding carboxylic acids is 1. The number of nitrogens with zero attached hydrogens (tertiary/aromatic N) is 4. The van der Waals surface area contributed by atoms with Crippen molar-refractivity contribution in [2.45, 2.75) is 25.5 Å². The molecule has 0 unspecified atom stereocenters. The summed E-state index contributed by atoms with van der Waals surface area (Å²) in [5.41, 5.74) is 6.83. The van der Waals surface area contributed by atoms with Gasteiger partial charge in [-0.3, -0.25) is 4.68 Å². The second-order valence-electron chi connectivity index (χ2n) is 4.67. The van der Waals surface area contributed by atoms with Gasteiger partial charge in [-0.1, -0.05) is 0 Å². The Morgan fingerprint density at radius 1 is 1.58 bits per heavy atom. The van der Waals surface area contributed by atoms with Crippen molar-refractivity contribution in [1.82, 2.24) is 19.3 Å². The standard InChI is InChI=1S/C12H15N5O2/c1-16-11(14-7-15-16)6-19-12(18)10-4-8(13)5-17(10)9-2-3-9/h4-5,7,9H,2-3,6,13H2,1H3. The molecule has 0 amide bonds. The summed E-state index contributed by atoms with van der Waals surface area (Å²) in [4.78, 5) is 16.1. The first-order chi connectivity index (χ1) is 9.15. The molecule has 19 heavy (non-hydrogen) atoms. The molecule has 0 spiro atoms. The SMILES string of the molecule is Cn1ncnc1COC(=O)c1cc(N)cn1C1CC1. The second-order valence-corrected chi connectivity index (χ2v) is 4.67. The lowest BCUT2D eigenvalue weighted by atomic mass is 10.4. The molecule has 2 N–H and O–H groups in total. The molecule has 0 atom stereocenters. The van der Waals surface area contributed by atoms with E-state index in [0.717, 1.165) is 12.8 Å². The van der Waals surface area contributed by atoms with Crippen molar-refractivity contribution in [2.75, 3.05) is 5.73 Å². The van der Waals surface area contributed by atoms with Crippen molar-refractivity contribution < 1.29 is 9.53 Å². The molecule has 1 fully saturated rings. The molecule has 1 saturated carbocycles. The van der Waals surface area contributed by atoms with Crippen LogP contribution < -0.4 is 5.73 Å². The van der Waals surface area contributed by atoms with E-state index in [9.17, 15) is 4.79 Å². The molecule has 2 heterocycles. The summed E-state index contributed by atoms with van der Waals surface area (Å²) in [7, 11) is 1.75. The molecule has 0 aromatic carbocycles. The molecule has 0 radical (unpaired) electrons. The van der Waals surface area contributed by atoms with Crippen LogP contribution in [0, 0.1) is 0 Å². The van der Waals surface area contributed by atoms with Gasteiger partial charge in [0.15, 0.2) is 12.4 Å². The van der Waals surface area contributed by atoms with Crippen LogP contribution >= 0.6 is 0 Å². The number of hydrogen-bond donors (Lipinski definition) is 1. The fourth-order valence-electron chi connectivity index (χ4n) is 1.97.